The van der Waals surface area contributed by atoms with Crippen LogP contribution in [-0.4, -0.2) is 37.9 Å². The van der Waals surface area contributed by atoms with Gasteiger partial charge in [-0.1, -0.05) is 27.7 Å². The summed E-state index contributed by atoms with van der Waals surface area (Å²) in [6.07, 6.45) is 2.09. The smallest absolute Gasteiger partial charge is 0.273 e. The van der Waals surface area contributed by atoms with Crippen LogP contribution >= 0.6 is 0 Å². The Kier molecular flexibility index (Phi) is 7.07. The minimum Gasteiger partial charge on any atom is -0.673 e. The maximum atomic E-state index is 12.3. The predicted octanol–water partition coefficient (Wildman–Crippen LogP) is 2.36. The molecule has 2 N–H and O–H groups in total. The van der Waals surface area contributed by atoms with Gasteiger partial charge in [-0.2, -0.15) is 0 Å². The maximum Gasteiger partial charge on any atom is 0.273 e. The van der Waals surface area contributed by atoms with E-state index in [1.54, 1.807) is 6.92 Å². The molecule has 0 amide bonds. The normalized spacial score (nSPS) is 22.2. The lowest BCUT2D eigenvalue weighted by Gasteiger charge is -2.43. The molecular weight excluding hydrogens is 279 g/mol. The highest BCUT2D eigenvalue weighted by molar-refractivity contribution is 6.77. The van der Waals surface area contributed by atoms with Crippen LogP contribution in [0, 0.1) is 5.92 Å². The summed E-state index contributed by atoms with van der Waals surface area (Å²) in [7, 11) is 1.90. The molecule has 0 aromatic rings. The highest BCUT2D eigenvalue weighted by Gasteiger charge is 2.45. The van der Waals surface area contributed by atoms with Crippen molar-refractivity contribution in [2.45, 2.75) is 71.6 Å². The van der Waals surface area contributed by atoms with Gasteiger partial charge < -0.3 is 20.0 Å². The number of nitrogens with one attached hydrogen (secondary N) is 2. The van der Waals surface area contributed by atoms with E-state index in [2.05, 4.69) is 38.2 Å². The van der Waals surface area contributed by atoms with E-state index in [-0.39, 0.29) is 35.3 Å². The van der Waals surface area contributed by atoms with E-state index in [0.717, 1.165) is 13.0 Å². The van der Waals surface area contributed by atoms with Crippen molar-refractivity contribution in [3.05, 3.63) is 0 Å². The first-order valence-corrected chi connectivity index (χ1v) is 8.53. The molecule has 0 saturated carbocycles. The van der Waals surface area contributed by atoms with E-state index in [1.165, 1.54) is 0 Å². The topological polar surface area (TPSA) is 67.4 Å². The second-order valence-corrected chi connectivity index (χ2v) is 7.46. The molecule has 1 heterocycles. The first-order chi connectivity index (χ1) is 10.2. The molecule has 22 heavy (non-hydrogen) atoms. The van der Waals surface area contributed by atoms with Crippen LogP contribution in [0.25, 0.3) is 0 Å². The molecule has 0 aromatic heterocycles. The van der Waals surface area contributed by atoms with Crippen molar-refractivity contribution in [2.75, 3.05) is 13.6 Å². The molecule has 128 valence electrons. The van der Waals surface area contributed by atoms with Gasteiger partial charge in [0.25, 0.3) is 5.97 Å². The van der Waals surface area contributed by atoms with Crippen LogP contribution in [0.15, 0.2) is 0 Å². The molecule has 0 aromatic carbocycles. The Bertz CT molecular complexity index is 391. The SMILES string of the molecule is CNCCC(CC(C)=O)CC1N[B-](C(C)C)(C(C)C)OC1=O. The fraction of sp³-hybridized carbons (Fsp3) is 0.875. The second kappa shape index (κ2) is 8.11. The number of ketones is 1. The van der Waals surface area contributed by atoms with Gasteiger partial charge >= 0.3 is 0 Å². The number of carbonyl (C=O) groups is 2. The minimum absolute atomic E-state index is 0.152. The van der Waals surface area contributed by atoms with Crippen LogP contribution in [0.3, 0.4) is 0 Å². The Morgan fingerprint density at radius 3 is 2.32 bits per heavy atom. The van der Waals surface area contributed by atoms with Crippen molar-refractivity contribution in [3.8, 4) is 0 Å². The van der Waals surface area contributed by atoms with Crippen molar-refractivity contribution in [2.24, 2.45) is 5.92 Å². The Hall–Kier alpha value is -0.875. The van der Waals surface area contributed by atoms with Gasteiger partial charge in [-0.25, -0.2) is 0 Å². The first kappa shape index (κ1) is 19.2. The van der Waals surface area contributed by atoms with Gasteiger partial charge in [0, 0.05) is 6.42 Å². The van der Waals surface area contributed by atoms with Gasteiger partial charge in [-0.05, 0) is 39.3 Å². The summed E-state index contributed by atoms with van der Waals surface area (Å²) in [6.45, 7) is 9.50. The number of hydrogen-bond donors (Lipinski definition) is 2. The lowest BCUT2D eigenvalue weighted by atomic mass is 9.37. The average Bonchev–Trinajstić information content (AvgIpc) is 2.74. The highest BCUT2D eigenvalue weighted by Crippen LogP contribution is 2.36. The molecular formula is C16H32BN2O3-. The minimum atomic E-state index is -1.34. The van der Waals surface area contributed by atoms with Gasteiger partial charge in [0.15, 0.2) is 0 Å². The largest absolute Gasteiger partial charge is 0.673 e. The molecule has 2 atom stereocenters. The molecule has 0 radical (unpaired) electrons. The van der Waals surface area contributed by atoms with Gasteiger partial charge in [0.2, 0.25) is 6.48 Å². The summed E-state index contributed by atoms with van der Waals surface area (Å²) in [5.74, 6) is 0.758. The Balaban J connectivity index is 2.78. The molecule has 1 aliphatic rings. The zero-order valence-electron chi connectivity index (χ0n) is 14.9. The summed E-state index contributed by atoms with van der Waals surface area (Å²) in [5, 5.41) is 6.61. The van der Waals surface area contributed by atoms with Crippen molar-refractivity contribution < 1.29 is 14.2 Å². The molecule has 5 nitrogen and oxygen atoms in total. The number of carbonyl (C=O) groups excluding carboxylic acids is 2. The number of Topliss-reactive ketones (excluding diaryl/α,β-unsaturated/α-hetero) is 1. The van der Waals surface area contributed by atoms with Gasteiger partial charge in [0.1, 0.15) is 5.78 Å². The van der Waals surface area contributed by atoms with Crippen LogP contribution in [0.5, 0.6) is 0 Å². The van der Waals surface area contributed by atoms with E-state index >= 15 is 0 Å². The summed E-state index contributed by atoms with van der Waals surface area (Å²) in [4.78, 5) is 23.8. The molecule has 0 bridgehead atoms. The Morgan fingerprint density at radius 2 is 1.91 bits per heavy atom. The molecule has 0 spiro atoms. The van der Waals surface area contributed by atoms with Crippen LogP contribution in [0.1, 0.15) is 53.9 Å². The quantitative estimate of drug-likeness (QED) is 0.640. The average molecular weight is 311 g/mol. The van der Waals surface area contributed by atoms with E-state index in [1.807, 2.05) is 7.05 Å². The summed E-state index contributed by atoms with van der Waals surface area (Å²) < 4.78 is 5.81. The molecule has 1 saturated heterocycles. The molecule has 6 heteroatoms. The molecule has 0 aliphatic carbocycles. The third-order valence-corrected chi connectivity index (χ3v) is 4.99. The maximum absolute atomic E-state index is 12.3. The predicted molar refractivity (Wildman–Crippen MR) is 90.9 cm³/mol. The van der Waals surface area contributed by atoms with Crippen molar-refractivity contribution >= 4 is 18.2 Å². The number of rotatable bonds is 9. The van der Waals surface area contributed by atoms with Crippen LogP contribution in [0.4, 0.5) is 0 Å². The van der Waals surface area contributed by atoms with Crippen LogP contribution in [-0.2, 0) is 14.2 Å². The van der Waals surface area contributed by atoms with Gasteiger partial charge in [-0.3, -0.25) is 4.79 Å². The lowest BCUT2D eigenvalue weighted by molar-refractivity contribution is -0.135. The van der Waals surface area contributed by atoms with E-state index in [4.69, 9.17) is 4.65 Å². The van der Waals surface area contributed by atoms with Crippen LogP contribution in [0.2, 0.25) is 11.6 Å². The molecule has 2 unspecified atom stereocenters. The second-order valence-electron chi connectivity index (χ2n) is 7.46. The van der Waals surface area contributed by atoms with Crippen LogP contribution < -0.4 is 10.5 Å². The van der Waals surface area contributed by atoms with Gasteiger partial charge in [0.05, 0.1) is 6.04 Å². The van der Waals surface area contributed by atoms with Crippen molar-refractivity contribution in [1.29, 1.82) is 0 Å². The summed E-state index contributed by atoms with van der Waals surface area (Å²) in [5.41, 5.74) is 0. The highest BCUT2D eigenvalue weighted by atomic mass is 16.5. The first-order valence-electron chi connectivity index (χ1n) is 8.53. The zero-order chi connectivity index (χ0) is 16.9. The standard InChI is InChI=1S/C16H32BN2O3/c1-11(2)17(12(3)4)19-15(16(21)22-17)10-14(7-8-18-6)9-13(5)20/h11-12,14-15,18-19H,7-10H2,1-6H3/q-1. The van der Waals surface area contributed by atoms with Crippen molar-refractivity contribution in [1.82, 2.24) is 10.5 Å². The monoisotopic (exact) mass is 311 g/mol. The fourth-order valence-electron chi connectivity index (χ4n) is 3.67. The summed E-state index contributed by atoms with van der Waals surface area (Å²) in [6, 6.07) is -0.286. The fourth-order valence-corrected chi connectivity index (χ4v) is 3.67. The zero-order valence-corrected chi connectivity index (χ0v) is 14.9. The van der Waals surface area contributed by atoms with E-state index in [9.17, 15) is 9.59 Å². The third-order valence-electron chi connectivity index (χ3n) is 4.99. The number of hydrogen-bond acceptors (Lipinski definition) is 5. The molecule has 1 aliphatic heterocycles. The third kappa shape index (κ3) is 4.56. The van der Waals surface area contributed by atoms with E-state index in [0.29, 0.717) is 12.8 Å². The lowest BCUT2D eigenvalue weighted by Crippen LogP contribution is -2.54. The Labute approximate surface area is 134 Å². The van der Waals surface area contributed by atoms with Gasteiger partial charge in [-0.15, -0.1) is 11.6 Å². The molecule has 1 fully saturated rings. The Morgan fingerprint density at radius 1 is 1.32 bits per heavy atom. The van der Waals surface area contributed by atoms with E-state index < -0.39 is 6.48 Å². The summed E-state index contributed by atoms with van der Waals surface area (Å²) >= 11 is 0. The van der Waals surface area contributed by atoms with Crippen molar-refractivity contribution in [3.63, 3.8) is 0 Å². The molecule has 1 rings (SSSR count).